The van der Waals surface area contributed by atoms with Crippen molar-refractivity contribution in [2.45, 2.75) is 44.1 Å². The first-order chi connectivity index (χ1) is 13.5. The minimum Gasteiger partial charge on any atom is -0.367 e. The number of carbonyl (C=O) groups is 1. The lowest BCUT2D eigenvalue weighted by Crippen LogP contribution is -2.57. The van der Waals surface area contributed by atoms with Gasteiger partial charge in [-0.2, -0.15) is 5.26 Å². The quantitative estimate of drug-likeness (QED) is 0.781. The molecule has 1 saturated heterocycles. The fraction of sp³-hybridized carbons (Fsp3) is 0.545. The van der Waals surface area contributed by atoms with Crippen LogP contribution in [0.4, 0.5) is 4.39 Å². The van der Waals surface area contributed by atoms with Crippen molar-refractivity contribution in [1.82, 2.24) is 5.32 Å². The molecule has 1 aromatic carbocycles. The zero-order chi connectivity index (χ0) is 20.0. The van der Waals surface area contributed by atoms with Crippen molar-refractivity contribution in [3.05, 3.63) is 35.1 Å². The van der Waals surface area contributed by atoms with E-state index in [4.69, 9.17) is 10.5 Å². The van der Waals surface area contributed by atoms with Gasteiger partial charge in [0.05, 0.1) is 12.0 Å². The molecule has 2 fully saturated rings. The molecule has 2 aliphatic rings. The van der Waals surface area contributed by atoms with E-state index in [0.29, 0.717) is 30.2 Å². The van der Waals surface area contributed by atoms with Gasteiger partial charge in [-0.25, -0.2) is 4.39 Å². The van der Waals surface area contributed by atoms with E-state index >= 15 is 0 Å². The first-order valence-corrected chi connectivity index (χ1v) is 9.89. The minimum absolute atomic E-state index is 0.0449. The number of primary amides is 1. The Balaban J connectivity index is 1.78. The summed E-state index contributed by atoms with van der Waals surface area (Å²) in [5.74, 6) is 4.66. The maximum atomic E-state index is 14.7. The van der Waals surface area contributed by atoms with Crippen LogP contribution in [0.15, 0.2) is 18.2 Å². The molecule has 6 heteroatoms. The van der Waals surface area contributed by atoms with Gasteiger partial charge in [-0.3, -0.25) is 4.79 Å². The second kappa shape index (κ2) is 9.19. The van der Waals surface area contributed by atoms with E-state index in [2.05, 4.69) is 23.2 Å². The Kier molecular flexibility index (Phi) is 6.67. The van der Waals surface area contributed by atoms with E-state index in [1.165, 1.54) is 18.9 Å². The van der Waals surface area contributed by atoms with Gasteiger partial charge in [-0.15, -0.1) is 0 Å². The molecule has 1 aromatic rings. The molecule has 1 heterocycles. The molecule has 1 aliphatic carbocycles. The standard InChI is InChI=1S/C22H26FN3O2/c23-20-12-17(7-6-16-4-1-2-5-16)8-9-18(20)13-19(14-24)22(21(25)27)15-26-10-3-11-28-22/h8-9,12,16,19,26H,1-5,10-11,13,15H2,(H2,25,27)/t19-,22?/m0/s1. The molecule has 28 heavy (non-hydrogen) atoms. The van der Waals surface area contributed by atoms with Gasteiger partial charge in [0.1, 0.15) is 5.82 Å². The summed E-state index contributed by atoms with van der Waals surface area (Å²) >= 11 is 0. The molecular weight excluding hydrogens is 357 g/mol. The van der Waals surface area contributed by atoms with Crippen LogP contribution >= 0.6 is 0 Å². The van der Waals surface area contributed by atoms with Gasteiger partial charge >= 0.3 is 0 Å². The highest BCUT2D eigenvalue weighted by molar-refractivity contribution is 5.85. The third-order valence-corrected chi connectivity index (χ3v) is 5.63. The number of nitrogens with one attached hydrogen (secondary N) is 1. The minimum atomic E-state index is -1.46. The molecule has 3 rings (SSSR count). The van der Waals surface area contributed by atoms with Crippen molar-refractivity contribution < 1.29 is 13.9 Å². The second-order valence-electron chi connectivity index (χ2n) is 7.58. The summed E-state index contributed by atoms with van der Waals surface area (Å²) in [5, 5.41) is 12.8. The normalized spacial score (nSPS) is 23.9. The summed E-state index contributed by atoms with van der Waals surface area (Å²) in [6, 6.07) is 6.91. The summed E-state index contributed by atoms with van der Waals surface area (Å²) < 4.78 is 20.4. The number of nitriles is 1. The maximum Gasteiger partial charge on any atom is 0.252 e. The van der Waals surface area contributed by atoms with E-state index in [9.17, 15) is 14.4 Å². The van der Waals surface area contributed by atoms with Crippen LogP contribution < -0.4 is 11.1 Å². The van der Waals surface area contributed by atoms with Gasteiger partial charge in [-0.1, -0.05) is 30.7 Å². The molecule has 1 saturated carbocycles. The predicted molar refractivity (Wildman–Crippen MR) is 103 cm³/mol. The van der Waals surface area contributed by atoms with Crippen LogP contribution in [-0.2, 0) is 16.0 Å². The van der Waals surface area contributed by atoms with Crippen LogP contribution in [0.2, 0.25) is 0 Å². The molecule has 2 atom stereocenters. The van der Waals surface area contributed by atoms with Crippen LogP contribution in [0.25, 0.3) is 0 Å². The first kappa shape index (κ1) is 20.3. The molecule has 0 radical (unpaired) electrons. The fourth-order valence-corrected chi connectivity index (χ4v) is 3.91. The molecule has 0 spiro atoms. The zero-order valence-electron chi connectivity index (χ0n) is 16.0. The average molecular weight is 383 g/mol. The maximum absolute atomic E-state index is 14.7. The highest BCUT2D eigenvalue weighted by atomic mass is 19.1. The molecule has 1 aliphatic heterocycles. The Morgan fingerprint density at radius 3 is 2.86 bits per heavy atom. The second-order valence-corrected chi connectivity index (χ2v) is 7.58. The average Bonchev–Trinajstić information content (AvgIpc) is 3.08. The lowest BCUT2D eigenvalue weighted by atomic mass is 9.82. The summed E-state index contributed by atoms with van der Waals surface area (Å²) in [6.07, 6.45) is 5.40. The van der Waals surface area contributed by atoms with Crippen molar-refractivity contribution >= 4 is 5.91 Å². The topological polar surface area (TPSA) is 88.1 Å². The van der Waals surface area contributed by atoms with Crippen LogP contribution in [0.5, 0.6) is 0 Å². The van der Waals surface area contributed by atoms with Crippen molar-refractivity contribution in [2.75, 3.05) is 19.7 Å². The Morgan fingerprint density at radius 2 is 2.18 bits per heavy atom. The number of amides is 1. The molecule has 3 N–H and O–H groups in total. The smallest absolute Gasteiger partial charge is 0.252 e. The number of ether oxygens (including phenoxy) is 1. The number of hydrogen-bond donors (Lipinski definition) is 2. The lowest BCUT2D eigenvalue weighted by molar-refractivity contribution is -0.147. The van der Waals surface area contributed by atoms with Crippen molar-refractivity contribution in [3.63, 3.8) is 0 Å². The Labute approximate surface area is 165 Å². The third-order valence-electron chi connectivity index (χ3n) is 5.63. The zero-order valence-corrected chi connectivity index (χ0v) is 16.0. The summed E-state index contributed by atoms with van der Waals surface area (Å²) in [4.78, 5) is 12.2. The number of halogens is 1. The van der Waals surface area contributed by atoms with Crippen LogP contribution in [0.3, 0.4) is 0 Å². The summed E-state index contributed by atoms with van der Waals surface area (Å²) in [5.41, 5.74) is 5.11. The SMILES string of the molecule is N#C[C@H](Cc1ccc(C#CC2CCCC2)cc1F)C1(C(N)=O)CNCCCO1. The highest BCUT2D eigenvalue weighted by Gasteiger charge is 2.46. The molecule has 0 bridgehead atoms. The van der Waals surface area contributed by atoms with E-state index in [-0.39, 0.29) is 13.0 Å². The summed E-state index contributed by atoms with van der Waals surface area (Å²) in [7, 11) is 0. The monoisotopic (exact) mass is 383 g/mol. The Morgan fingerprint density at radius 1 is 1.39 bits per heavy atom. The van der Waals surface area contributed by atoms with Gasteiger partial charge in [-0.05, 0) is 49.9 Å². The predicted octanol–water partition coefficient (Wildman–Crippen LogP) is 2.28. The van der Waals surface area contributed by atoms with Crippen molar-refractivity contribution in [3.8, 4) is 17.9 Å². The molecular formula is C22H26FN3O2. The third kappa shape index (κ3) is 4.52. The molecule has 1 unspecified atom stereocenters. The number of nitrogens with two attached hydrogens (primary N) is 1. The largest absolute Gasteiger partial charge is 0.367 e. The highest BCUT2D eigenvalue weighted by Crippen LogP contribution is 2.28. The van der Waals surface area contributed by atoms with E-state index in [1.807, 2.05) is 0 Å². The van der Waals surface area contributed by atoms with Crippen molar-refractivity contribution in [1.29, 1.82) is 5.26 Å². The Bertz CT molecular complexity index is 807. The Hall–Kier alpha value is -2.41. The number of hydrogen-bond acceptors (Lipinski definition) is 4. The van der Waals surface area contributed by atoms with Gasteiger partial charge in [0.2, 0.25) is 0 Å². The molecule has 0 aromatic heterocycles. The van der Waals surface area contributed by atoms with Crippen molar-refractivity contribution in [2.24, 2.45) is 17.6 Å². The number of carbonyl (C=O) groups excluding carboxylic acids is 1. The number of rotatable bonds is 4. The molecule has 5 nitrogen and oxygen atoms in total. The molecule has 148 valence electrons. The number of nitrogens with zero attached hydrogens (tertiary/aromatic N) is 1. The van der Waals surface area contributed by atoms with E-state index in [0.717, 1.165) is 19.3 Å². The van der Waals surface area contributed by atoms with Crippen LogP contribution in [0.1, 0.15) is 43.2 Å². The number of benzene rings is 1. The molecule has 1 amide bonds. The van der Waals surface area contributed by atoms with Gasteiger partial charge in [0.15, 0.2) is 5.60 Å². The van der Waals surface area contributed by atoms with Crippen LogP contribution in [0, 0.1) is 40.8 Å². The first-order valence-electron chi connectivity index (χ1n) is 9.89. The van der Waals surface area contributed by atoms with Gasteiger partial charge in [0.25, 0.3) is 5.91 Å². The van der Waals surface area contributed by atoms with Gasteiger partial charge < -0.3 is 15.8 Å². The van der Waals surface area contributed by atoms with Crippen LogP contribution in [-0.4, -0.2) is 31.2 Å². The lowest BCUT2D eigenvalue weighted by Gasteiger charge is -2.33. The summed E-state index contributed by atoms with van der Waals surface area (Å²) in [6.45, 7) is 1.15. The van der Waals surface area contributed by atoms with E-state index < -0.39 is 23.2 Å². The van der Waals surface area contributed by atoms with Gasteiger partial charge in [0, 0.05) is 24.6 Å². The fourth-order valence-electron chi connectivity index (χ4n) is 3.91. The van der Waals surface area contributed by atoms with E-state index in [1.54, 1.807) is 12.1 Å².